The maximum Gasteiger partial charge on any atom is 0.261 e. The molecule has 0 heterocycles. The molecule has 0 unspecified atom stereocenters. The summed E-state index contributed by atoms with van der Waals surface area (Å²) in [5.41, 5.74) is 2.04. The van der Waals surface area contributed by atoms with Gasteiger partial charge in [0.15, 0.2) is 6.61 Å². The summed E-state index contributed by atoms with van der Waals surface area (Å²) in [7, 11) is 0. The van der Waals surface area contributed by atoms with Crippen LogP contribution in [-0.4, -0.2) is 35.9 Å². The number of amides is 2. The third-order valence-electron chi connectivity index (χ3n) is 4.62. The lowest BCUT2D eigenvalue weighted by Gasteiger charge is -2.30. The highest BCUT2D eigenvalue weighted by Gasteiger charge is 2.28. The van der Waals surface area contributed by atoms with Crippen molar-refractivity contribution in [2.75, 3.05) is 13.2 Å². The molecule has 0 aliphatic carbocycles. The van der Waals surface area contributed by atoms with Crippen molar-refractivity contribution in [3.63, 3.8) is 0 Å². The van der Waals surface area contributed by atoms with Gasteiger partial charge in [0.1, 0.15) is 11.8 Å². The lowest BCUT2D eigenvalue weighted by molar-refractivity contribution is -0.143. The summed E-state index contributed by atoms with van der Waals surface area (Å²) < 4.78 is 5.64. The Morgan fingerprint density at radius 3 is 2.53 bits per heavy atom. The van der Waals surface area contributed by atoms with Gasteiger partial charge in [0, 0.05) is 18.1 Å². The van der Waals surface area contributed by atoms with Gasteiger partial charge in [-0.3, -0.25) is 9.59 Å². The average Bonchev–Trinajstić information content (AvgIpc) is 2.71. The van der Waals surface area contributed by atoms with E-state index in [0.29, 0.717) is 35.3 Å². The maximum atomic E-state index is 13.1. The van der Waals surface area contributed by atoms with Gasteiger partial charge >= 0.3 is 0 Å². The van der Waals surface area contributed by atoms with E-state index >= 15 is 0 Å². The fraction of sp³-hybridized carbons (Fsp3) is 0.391. The van der Waals surface area contributed by atoms with E-state index in [4.69, 9.17) is 27.9 Å². The largest absolute Gasteiger partial charge is 0.482 e. The van der Waals surface area contributed by atoms with Gasteiger partial charge in [-0.25, -0.2) is 0 Å². The van der Waals surface area contributed by atoms with Crippen molar-refractivity contribution < 1.29 is 14.3 Å². The Labute approximate surface area is 188 Å². The lowest BCUT2D eigenvalue weighted by atomic mass is 10.1. The number of aryl methyl sites for hydroxylation is 1. The first-order valence-corrected chi connectivity index (χ1v) is 10.8. The second-order valence-electron chi connectivity index (χ2n) is 7.09. The van der Waals surface area contributed by atoms with E-state index in [1.54, 1.807) is 23.1 Å². The molecule has 1 atom stereocenters. The minimum absolute atomic E-state index is 0.162. The molecule has 2 rings (SSSR count). The quantitative estimate of drug-likeness (QED) is 0.552. The van der Waals surface area contributed by atoms with Gasteiger partial charge in [0.25, 0.3) is 5.91 Å². The number of nitrogens with zero attached hydrogens (tertiary/aromatic N) is 1. The molecule has 2 aromatic rings. The van der Waals surface area contributed by atoms with Gasteiger partial charge < -0.3 is 15.0 Å². The summed E-state index contributed by atoms with van der Waals surface area (Å²) in [6, 6.07) is 12.1. The molecule has 0 radical (unpaired) electrons. The van der Waals surface area contributed by atoms with Crippen molar-refractivity contribution in [3.05, 3.63) is 63.6 Å². The molecule has 30 heavy (non-hydrogen) atoms. The SMILES string of the molecule is CCCNC(=O)[C@@H](CC)N(Cc1cccc(C)c1)C(=O)COc1ccc(Cl)cc1Cl. The number of nitrogens with one attached hydrogen (secondary N) is 1. The van der Waals surface area contributed by atoms with Crippen molar-refractivity contribution in [2.24, 2.45) is 0 Å². The van der Waals surface area contributed by atoms with E-state index in [1.165, 1.54) is 0 Å². The van der Waals surface area contributed by atoms with Crippen LogP contribution in [0.15, 0.2) is 42.5 Å². The summed E-state index contributed by atoms with van der Waals surface area (Å²) in [5, 5.41) is 3.71. The minimum Gasteiger partial charge on any atom is -0.482 e. The fourth-order valence-corrected chi connectivity index (χ4v) is 3.57. The summed E-state index contributed by atoms with van der Waals surface area (Å²) in [5.74, 6) is -0.0840. The van der Waals surface area contributed by atoms with Crippen LogP contribution < -0.4 is 10.1 Å². The van der Waals surface area contributed by atoms with E-state index in [1.807, 2.05) is 45.0 Å². The maximum absolute atomic E-state index is 13.1. The van der Waals surface area contributed by atoms with Gasteiger partial charge in [-0.05, 0) is 43.5 Å². The second kappa shape index (κ2) is 11.8. The van der Waals surface area contributed by atoms with Crippen molar-refractivity contribution in [1.82, 2.24) is 10.2 Å². The van der Waals surface area contributed by atoms with Crippen molar-refractivity contribution in [1.29, 1.82) is 0 Å². The number of carbonyl (C=O) groups excluding carboxylic acids is 2. The van der Waals surface area contributed by atoms with Crippen molar-refractivity contribution in [2.45, 2.75) is 46.2 Å². The molecule has 162 valence electrons. The van der Waals surface area contributed by atoms with Gasteiger partial charge in [0.2, 0.25) is 5.91 Å². The topological polar surface area (TPSA) is 58.6 Å². The molecule has 0 saturated carbocycles. The zero-order chi connectivity index (χ0) is 22.1. The molecule has 7 heteroatoms. The van der Waals surface area contributed by atoms with Gasteiger partial charge in [-0.2, -0.15) is 0 Å². The summed E-state index contributed by atoms with van der Waals surface area (Å²) in [6.45, 7) is 6.52. The zero-order valence-corrected chi connectivity index (χ0v) is 19.1. The molecule has 0 fully saturated rings. The first kappa shape index (κ1) is 24.0. The lowest BCUT2D eigenvalue weighted by Crippen LogP contribution is -2.50. The Morgan fingerprint density at radius 1 is 1.13 bits per heavy atom. The van der Waals surface area contributed by atoms with E-state index in [9.17, 15) is 9.59 Å². The average molecular weight is 451 g/mol. The Hall–Kier alpha value is -2.24. The monoisotopic (exact) mass is 450 g/mol. The molecule has 0 aliphatic rings. The van der Waals surface area contributed by atoms with Crippen LogP contribution in [0.1, 0.15) is 37.8 Å². The minimum atomic E-state index is -0.589. The Bertz CT molecular complexity index is 873. The van der Waals surface area contributed by atoms with Crippen LogP contribution >= 0.6 is 23.2 Å². The number of carbonyl (C=O) groups is 2. The van der Waals surface area contributed by atoms with Crippen molar-refractivity contribution >= 4 is 35.0 Å². The van der Waals surface area contributed by atoms with E-state index in [-0.39, 0.29) is 18.4 Å². The number of hydrogen-bond acceptors (Lipinski definition) is 3. The zero-order valence-electron chi connectivity index (χ0n) is 17.6. The van der Waals surface area contributed by atoms with Crippen LogP contribution in [0, 0.1) is 6.92 Å². The third kappa shape index (κ3) is 6.92. The van der Waals surface area contributed by atoms with E-state index in [0.717, 1.165) is 17.5 Å². The van der Waals surface area contributed by atoms with Crippen LogP contribution in [0.4, 0.5) is 0 Å². The first-order chi connectivity index (χ1) is 14.3. The Kier molecular flexibility index (Phi) is 9.47. The summed E-state index contributed by atoms with van der Waals surface area (Å²) in [6.07, 6.45) is 1.32. The van der Waals surface area contributed by atoms with Gasteiger partial charge in [-0.1, -0.05) is 66.9 Å². The number of hydrogen-bond donors (Lipinski definition) is 1. The molecule has 0 bridgehead atoms. The predicted molar refractivity (Wildman–Crippen MR) is 121 cm³/mol. The van der Waals surface area contributed by atoms with Crippen LogP contribution in [0.25, 0.3) is 0 Å². The highest BCUT2D eigenvalue weighted by molar-refractivity contribution is 6.35. The molecular weight excluding hydrogens is 423 g/mol. The standard InChI is InChI=1S/C23H28Cl2N2O3/c1-4-11-26-23(29)20(5-2)27(14-17-8-6-7-16(3)12-17)22(28)15-30-21-10-9-18(24)13-19(21)25/h6-10,12-13,20H,4-5,11,14-15H2,1-3H3,(H,26,29)/t20-/m1/s1. The third-order valence-corrected chi connectivity index (χ3v) is 5.15. The number of ether oxygens (including phenoxy) is 1. The van der Waals surface area contributed by atoms with Crippen LogP contribution in [-0.2, 0) is 16.1 Å². The summed E-state index contributed by atoms with van der Waals surface area (Å²) in [4.78, 5) is 27.4. The molecule has 0 aliphatic heterocycles. The van der Waals surface area contributed by atoms with Crippen LogP contribution in [0.3, 0.4) is 0 Å². The Morgan fingerprint density at radius 2 is 1.90 bits per heavy atom. The second-order valence-corrected chi connectivity index (χ2v) is 7.93. The van der Waals surface area contributed by atoms with E-state index < -0.39 is 6.04 Å². The number of halogens is 2. The molecule has 2 amide bonds. The highest BCUT2D eigenvalue weighted by Crippen LogP contribution is 2.27. The number of benzene rings is 2. The molecule has 5 nitrogen and oxygen atoms in total. The van der Waals surface area contributed by atoms with Gasteiger partial charge in [0.05, 0.1) is 5.02 Å². The highest BCUT2D eigenvalue weighted by atomic mass is 35.5. The predicted octanol–water partition coefficient (Wildman–Crippen LogP) is 5.01. The molecular formula is C23H28Cl2N2O3. The Balaban J connectivity index is 2.21. The van der Waals surface area contributed by atoms with Crippen molar-refractivity contribution in [3.8, 4) is 5.75 Å². The molecule has 0 aromatic heterocycles. The van der Waals surface area contributed by atoms with Crippen LogP contribution in [0.5, 0.6) is 5.75 Å². The first-order valence-electron chi connectivity index (χ1n) is 10.1. The summed E-state index contributed by atoms with van der Waals surface area (Å²) >= 11 is 12.0. The van der Waals surface area contributed by atoms with Gasteiger partial charge in [-0.15, -0.1) is 0 Å². The molecule has 1 N–H and O–H groups in total. The normalized spacial score (nSPS) is 11.6. The number of rotatable bonds is 10. The smallest absolute Gasteiger partial charge is 0.261 e. The van der Waals surface area contributed by atoms with E-state index in [2.05, 4.69) is 5.32 Å². The van der Waals surface area contributed by atoms with Crippen LogP contribution in [0.2, 0.25) is 10.0 Å². The molecule has 0 spiro atoms. The molecule has 0 saturated heterocycles. The fourth-order valence-electron chi connectivity index (χ4n) is 3.11. The molecule has 2 aromatic carbocycles.